The number of rotatable bonds is 2. The standard InChI is InChI=1S/C17H20FN3/c1-13-3-2-4-16(19)17(13)21-11-9-20(10-12-21)15-7-5-14(18)6-8-15/h2-8H,9-12,19H2,1H3. The number of hydrogen-bond acceptors (Lipinski definition) is 3. The van der Waals surface area contributed by atoms with Crippen molar-refractivity contribution >= 4 is 17.1 Å². The highest BCUT2D eigenvalue weighted by Gasteiger charge is 2.20. The van der Waals surface area contributed by atoms with Crippen molar-refractivity contribution in [1.29, 1.82) is 0 Å². The van der Waals surface area contributed by atoms with Crippen LogP contribution in [0.4, 0.5) is 21.5 Å². The van der Waals surface area contributed by atoms with E-state index in [0.29, 0.717) is 0 Å². The predicted octanol–water partition coefficient (Wildman–Crippen LogP) is 3.04. The molecule has 1 fully saturated rings. The molecular formula is C17H20FN3. The van der Waals surface area contributed by atoms with Crippen LogP contribution in [-0.4, -0.2) is 26.2 Å². The molecule has 1 aliphatic rings. The summed E-state index contributed by atoms with van der Waals surface area (Å²) in [7, 11) is 0. The highest BCUT2D eigenvalue weighted by molar-refractivity contribution is 5.72. The van der Waals surface area contributed by atoms with Gasteiger partial charge in [-0.05, 0) is 42.8 Å². The van der Waals surface area contributed by atoms with E-state index in [1.807, 2.05) is 24.3 Å². The molecule has 3 nitrogen and oxygen atoms in total. The second-order valence-electron chi connectivity index (χ2n) is 5.46. The summed E-state index contributed by atoms with van der Waals surface area (Å²) in [6.45, 7) is 5.77. The Morgan fingerprint density at radius 3 is 2.14 bits per heavy atom. The first-order valence-corrected chi connectivity index (χ1v) is 7.26. The average molecular weight is 285 g/mol. The van der Waals surface area contributed by atoms with Crippen molar-refractivity contribution in [3.63, 3.8) is 0 Å². The van der Waals surface area contributed by atoms with Gasteiger partial charge in [0.15, 0.2) is 0 Å². The lowest BCUT2D eigenvalue weighted by atomic mass is 10.1. The summed E-state index contributed by atoms with van der Waals surface area (Å²) in [6, 6.07) is 12.7. The summed E-state index contributed by atoms with van der Waals surface area (Å²) in [4.78, 5) is 4.62. The lowest BCUT2D eigenvalue weighted by Crippen LogP contribution is -2.47. The van der Waals surface area contributed by atoms with E-state index in [9.17, 15) is 4.39 Å². The second kappa shape index (κ2) is 5.64. The minimum Gasteiger partial charge on any atom is -0.397 e. The Kier molecular flexibility index (Phi) is 3.69. The van der Waals surface area contributed by atoms with E-state index in [4.69, 9.17) is 5.73 Å². The van der Waals surface area contributed by atoms with Crippen LogP contribution in [-0.2, 0) is 0 Å². The largest absolute Gasteiger partial charge is 0.397 e. The third-order valence-electron chi connectivity index (χ3n) is 4.06. The summed E-state index contributed by atoms with van der Waals surface area (Å²) >= 11 is 0. The van der Waals surface area contributed by atoms with Crippen LogP contribution < -0.4 is 15.5 Å². The number of benzene rings is 2. The fraction of sp³-hybridized carbons (Fsp3) is 0.294. The topological polar surface area (TPSA) is 32.5 Å². The van der Waals surface area contributed by atoms with Crippen LogP contribution in [0.2, 0.25) is 0 Å². The lowest BCUT2D eigenvalue weighted by molar-refractivity contribution is 0.624. The zero-order valence-electron chi connectivity index (χ0n) is 12.2. The van der Waals surface area contributed by atoms with Crippen molar-refractivity contribution in [2.75, 3.05) is 41.7 Å². The molecule has 2 aromatic carbocycles. The summed E-state index contributed by atoms with van der Waals surface area (Å²) in [5.74, 6) is -0.190. The van der Waals surface area contributed by atoms with Gasteiger partial charge in [-0.3, -0.25) is 0 Å². The fourth-order valence-corrected chi connectivity index (χ4v) is 2.95. The molecule has 2 N–H and O–H groups in total. The smallest absolute Gasteiger partial charge is 0.123 e. The fourth-order valence-electron chi connectivity index (χ4n) is 2.95. The minimum absolute atomic E-state index is 0.190. The van der Waals surface area contributed by atoms with Gasteiger partial charge >= 0.3 is 0 Å². The van der Waals surface area contributed by atoms with Gasteiger partial charge in [0.2, 0.25) is 0 Å². The van der Waals surface area contributed by atoms with Gasteiger partial charge in [-0.2, -0.15) is 0 Å². The Morgan fingerprint density at radius 1 is 0.905 bits per heavy atom. The van der Waals surface area contributed by atoms with Crippen LogP contribution in [0.15, 0.2) is 42.5 Å². The van der Waals surface area contributed by atoms with E-state index in [-0.39, 0.29) is 5.82 Å². The van der Waals surface area contributed by atoms with Gasteiger partial charge < -0.3 is 15.5 Å². The molecule has 3 rings (SSSR count). The van der Waals surface area contributed by atoms with Crippen molar-refractivity contribution in [3.05, 3.63) is 53.8 Å². The van der Waals surface area contributed by atoms with Crippen molar-refractivity contribution in [1.82, 2.24) is 0 Å². The number of piperazine rings is 1. The van der Waals surface area contributed by atoms with E-state index in [2.05, 4.69) is 22.8 Å². The number of aryl methyl sites for hydroxylation is 1. The van der Waals surface area contributed by atoms with Crippen molar-refractivity contribution < 1.29 is 4.39 Å². The molecule has 4 heteroatoms. The van der Waals surface area contributed by atoms with E-state index in [1.165, 1.54) is 17.7 Å². The van der Waals surface area contributed by atoms with Gasteiger partial charge in [0.25, 0.3) is 0 Å². The molecule has 0 atom stereocenters. The van der Waals surface area contributed by atoms with Crippen LogP contribution in [0.1, 0.15) is 5.56 Å². The third kappa shape index (κ3) is 2.79. The number of para-hydroxylation sites is 1. The third-order valence-corrected chi connectivity index (χ3v) is 4.06. The number of hydrogen-bond donors (Lipinski definition) is 1. The first-order valence-electron chi connectivity index (χ1n) is 7.26. The van der Waals surface area contributed by atoms with Gasteiger partial charge in [0, 0.05) is 31.9 Å². The molecule has 0 amide bonds. The molecule has 0 unspecified atom stereocenters. The van der Waals surface area contributed by atoms with Crippen LogP contribution in [0.5, 0.6) is 0 Å². The van der Waals surface area contributed by atoms with E-state index >= 15 is 0 Å². The Balaban J connectivity index is 1.72. The van der Waals surface area contributed by atoms with Crippen molar-refractivity contribution in [2.45, 2.75) is 6.92 Å². The molecule has 110 valence electrons. The molecule has 0 saturated carbocycles. The molecule has 0 aromatic heterocycles. The highest BCUT2D eigenvalue weighted by atomic mass is 19.1. The van der Waals surface area contributed by atoms with Gasteiger partial charge in [-0.15, -0.1) is 0 Å². The van der Waals surface area contributed by atoms with Crippen molar-refractivity contribution in [2.24, 2.45) is 0 Å². The van der Waals surface area contributed by atoms with Gasteiger partial charge in [-0.1, -0.05) is 12.1 Å². The molecule has 1 aliphatic heterocycles. The lowest BCUT2D eigenvalue weighted by Gasteiger charge is -2.38. The molecule has 1 saturated heterocycles. The number of halogens is 1. The summed E-state index contributed by atoms with van der Waals surface area (Å²) < 4.78 is 13.0. The number of nitrogens with two attached hydrogens (primary N) is 1. The summed E-state index contributed by atoms with van der Waals surface area (Å²) in [5.41, 5.74) is 10.4. The molecule has 0 aliphatic carbocycles. The quantitative estimate of drug-likeness (QED) is 0.861. The Bertz CT molecular complexity index is 596. The van der Waals surface area contributed by atoms with Crippen molar-refractivity contribution in [3.8, 4) is 0 Å². The van der Waals surface area contributed by atoms with E-state index < -0.39 is 0 Å². The minimum atomic E-state index is -0.190. The zero-order valence-corrected chi connectivity index (χ0v) is 12.2. The molecule has 1 heterocycles. The summed E-state index contributed by atoms with van der Waals surface area (Å²) in [6.07, 6.45) is 0. The van der Waals surface area contributed by atoms with Crippen LogP contribution in [0.25, 0.3) is 0 Å². The first kappa shape index (κ1) is 13.7. The van der Waals surface area contributed by atoms with E-state index in [1.54, 1.807) is 0 Å². The monoisotopic (exact) mass is 285 g/mol. The molecule has 0 radical (unpaired) electrons. The van der Waals surface area contributed by atoms with E-state index in [0.717, 1.165) is 43.2 Å². The Hall–Kier alpha value is -2.23. The number of nitrogen functional groups attached to an aromatic ring is 1. The van der Waals surface area contributed by atoms with Crippen LogP contribution in [0.3, 0.4) is 0 Å². The van der Waals surface area contributed by atoms with Gasteiger partial charge in [0.1, 0.15) is 5.82 Å². The molecule has 21 heavy (non-hydrogen) atoms. The SMILES string of the molecule is Cc1cccc(N)c1N1CCN(c2ccc(F)cc2)CC1. The normalized spacial score (nSPS) is 15.3. The Morgan fingerprint density at radius 2 is 1.52 bits per heavy atom. The molecule has 0 bridgehead atoms. The predicted molar refractivity (Wildman–Crippen MR) is 86.4 cm³/mol. The molecule has 0 spiro atoms. The van der Waals surface area contributed by atoms with Crippen LogP contribution >= 0.6 is 0 Å². The highest BCUT2D eigenvalue weighted by Crippen LogP contribution is 2.29. The number of nitrogens with zero attached hydrogens (tertiary/aromatic N) is 2. The van der Waals surface area contributed by atoms with Crippen LogP contribution in [0, 0.1) is 12.7 Å². The zero-order chi connectivity index (χ0) is 14.8. The summed E-state index contributed by atoms with van der Waals surface area (Å²) in [5, 5.41) is 0. The van der Waals surface area contributed by atoms with Gasteiger partial charge in [-0.25, -0.2) is 4.39 Å². The maximum atomic E-state index is 13.0. The maximum absolute atomic E-state index is 13.0. The second-order valence-corrected chi connectivity index (χ2v) is 5.46. The molecule has 2 aromatic rings. The number of anilines is 3. The first-order chi connectivity index (χ1) is 10.1. The molecular weight excluding hydrogens is 265 g/mol. The Labute approximate surface area is 124 Å². The maximum Gasteiger partial charge on any atom is 0.123 e. The average Bonchev–Trinajstić information content (AvgIpc) is 2.49. The van der Waals surface area contributed by atoms with Gasteiger partial charge in [0.05, 0.1) is 11.4 Å².